The van der Waals surface area contributed by atoms with Gasteiger partial charge >= 0.3 is 0 Å². The molecule has 3 aromatic carbocycles. The molecule has 3 aromatic heterocycles. The topological polar surface area (TPSA) is 71.1 Å². The van der Waals surface area contributed by atoms with Crippen LogP contribution in [0, 0.1) is 0 Å². The average Bonchev–Trinajstić information content (AvgIpc) is 3.78. The van der Waals surface area contributed by atoms with Crippen LogP contribution in [0.25, 0.3) is 20.9 Å². The van der Waals surface area contributed by atoms with Crippen molar-refractivity contribution in [1.29, 1.82) is 0 Å². The molecule has 1 unspecified atom stereocenters. The molecule has 6 rings (SSSR count). The average molecular weight is 676 g/mol. The number of hydrogen-bond acceptors (Lipinski definition) is 5. The third-order valence-corrected chi connectivity index (χ3v) is 10.4. The number of nitrogens with one attached hydrogen (secondary N) is 2. The van der Waals surface area contributed by atoms with Crippen LogP contribution in [0.5, 0.6) is 0 Å². The van der Waals surface area contributed by atoms with E-state index in [1.165, 1.54) is 39.4 Å². The molecule has 1 atom stereocenters. The van der Waals surface area contributed by atoms with Crippen molar-refractivity contribution in [3.8, 4) is 20.9 Å². The molecule has 3 heterocycles. The van der Waals surface area contributed by atoms with Gasteiger partial charge in [0.2, 0.25) is 0 Å². The first-order chi connectivity index (χ1) is 22.7. The molecule has 0 fully saturated rings. The molecule has 2 amide bonds. The highest BCUT2D eigenvalue weighted by atomic mass is 35.5. The number of carbonyl (C=O) groups is 2. The number of nitrogens with zero attached hydrogens (tertiary/aromatic N) is 1. The Hall–Kier alpha value is -4.56. The number of thiophene rings is 2. The Balaban J connectivity index is 1.18. The fourth-order valence-electron chi connectivity index (χ4n) is 5.37. The molecule has 0 radical (unpaired) electrons. The zero-order valence-electron chi connectivity index (χ0n) is 26.3. The zero-order valence-corrected chi connectivity index (χ0v) is 28.7. The third kappa shape index (κ3) is 8.06. The van der Waals surface area contributed by atoms with E-state index in [1.54, 1.807) is 42.7 Å². The summed E-state index contributed by atoms with van der Waals surface area (Å²) >= 11 is 8.97. The van der Waals surface area contributed by atoms with Crippen LogP contribution < -0.4 is 10.6 Å². The Labute approximate surface area is 288 Å². The lowest BCUT2D eigenvalue weighted by molar-refractivity contribution is 0.102. The minimum Gasteiger partial charge on any atom is -0.321 e. The molecule has 8 heteroatoms. The second-order valence-corrected chi connectivity index (χ2v) is 14.4. The predicted molar refractivity (Wildman–Crippen MR) is 197 cm³/mol. The predicted octanol–water partition coefficient (Wildman–Crippen LogP) is 11.2. The largest absolute Gasteiger partial charge is 0.321 e. The van der Waals surface area contributed by atoms with Crippen molar-refractivity contribution >= 4 is 57.5 Å². The second kappa shape index (κ2) is 14.5. The summed E-state index contributed by atoms with van der Waals surface area (Å²) in [6.07, 6.45) is 4.19. The molecular weight excluding hydrogens is 642 g/mol. The number of benzene rings is 3. The maximum absolute atomic E-state index is 13.0. The summed E-state index contributed by atoms with van der Waals surface area (Å²) in [5.41, 5.74) is 7.38. The van der Waals surface area contributed by atoms with Gasteiger partial charge in [-0.1, -0.05) is 74.8 Å². The Morgan fingerprint density at radius 3 is 2.02 bits per heavy atom. The Morgan fingerprint density at radius 1 is 0.702 bits per heavy atom. The summed E-state index contributed by atoms with van der Waals surface area (Å²) < 4.78 is 0. The number of rotatable bonds is 10. The van der Waals surface area contributed by atoms with Crippen molar-refractivity contribution in [3.63, 3.8) is 0 Å². The molecule has 0 aliphatic rings. The van der Waals surface area contributed by atoms with Crippen LogP contribution >= 0.6 is 34.3 Å². The summed E-state index contributed by atoms with van der Waals surface area (Å²) in [6.45, 7) is 6.68. The summed E-state index contributed by atoms with van der Waals surface area (Å²) in [5.74, 6) is 0.356. The van der Waals surface area contributed by atoms with E-state index < -0.39 is 0 Å². The smallest absolute Gasteiger partial charge is 0.265 e. The first-order valence-corrected chi connectivity index (χ1v) is 17.5. The van der Waals surface area contributed by atoms with Gasteiger partial charge in [-0.05, 0) is 107 Å². The Bertz CT molecular complexity index is 2020. The molecule has 0 aliphatic heterocycles. The fourth-order valence-corrected chi connectivity index (χ4v) is 7.28. The Kier molecular flexibility index (Phi) is 9.97. The highest BCUT2D eigenvalue weighted by Gasteiger charge is 2.16. The van der Waals surface area contributed by atoms with Crippen LogP contribution in [0.3, 0.4) is 0 Å². The lowest BCUT2D eigenvalue weighted by Crippen LogP contribution is -2.09. The zero-order chi connectivity index (χ0) is 32.9. The van der Waals surface area contributed by atoms with Crippen LogP contribution in [-0.2, 0) is 6.42 Å². The van der Waals surface area contributed by atoms with Gasteiger partial charge in [-0.25, -0.2) is 0 Å². The van der Waals surface area contributed by atoms with Crippen molar-refractivity contribution in [3.05, 3.63) is 147 Å². The minimum absolute atomic E-state index is 0.135. The molecule has 0 aliphatic carbocycles. The first-order valence-electron chi connectivity index (χ1n) is 15.4. The van der Waals surface area contributed by atoms with E-state index in [0.29, 0.717) is 32.1 Å². The number of hydrogen-bond donors (Lipinski definition) is 2. The van der Waals surface area contributed by atoms with Crippen LogP contribution in [0.1, 0.15) is 68.6 Å². The van der Waals surface area contributed by atoms with Crippen molar-refractivity contribution in [1.82, 2.24) is 4.98 Å². The molecule has 6 aromatic rings. The van der Waals surface area contributed by atoms with Gasteiger partial charge < -0.3 is 10.6 Å². The standard InChI is InChI=1S/C39H34ClN3O2S2/c1-24(2)29-19-26(20-30(22-29)35-14-16-36(47-35)38(44)42-32-11-9-31(40)10-12-32)18-25(3)27-6-4-7-28(21-27)34-13-15-37(46-34)39(45)43-33-8-5-17-41-23-33/h4-17,19-25H,18H2,1-3H3,(H,42,44)(H,43,45). The molecule has 5 nitrogen and oxygen atoms in total. The van der Waals surface area contributed by atoms with E-state index in [2.05, 4.69) is 78.9 Å². The molecule has 0 saturated heterocycles. The third-order valence-electron chi connectivity index (χ3n) is 7.93. The van der Waals surface area contributed by atoms with E-state index in [4.69, 9.17) is 11.6 Å². The van der Waals surface area contributed by atoms with Gasteiger partial charge in [0.25, 0.3) is 11.8 Å². The maximum Gasteiger partial charge on any atom is 0.265 e. The molecule has 0 spiro atoms. The van der Waals surface area contributed by atoms with E-state index >= 15 is 0 Å². The quantitative estimate of drug-likeness (QED) is 0.152. The van der Waals surface area contributed by atoms with Gasteiger partial charge in [0.1, 0.15) is 0 Å². The molecule has 0 saturated carbocycles. The van der Waals surface area contributed by atoms with E-state index in [0.717, 1.165) is 27.3 Å². The van der Waals surface area contributed by atoms with Crippen molar-refractivity contribution in [2.24, 2.45) is 0 Å². The lowest BCUT2D eigenvalue weighted by Gasteiger charge is -2.16. The van der Waals surface area contributed by atoms with Crippen LogP contribution in [-0.4, -0.2) is 16.8 Å². The van der Waals surface area contributed by atoms with Gasteiger partial charge in [0.05, 0.1) is 21.6 Å². The minimum atomic E-state index is -0.139. The van der Waals surface area contributed by atoms with Crippen molar-refractivity contribution < 1.29 is 9.59 Å². The highest BCUT2D eigenvalue weighted by Crippen LogP contribution is 2.35. The number of pyridine rings is 1. The van der Waals surface area contributed by atoms with Gasteiger partial charge in [0.15, 0.2) is 0 Å². The second-order valence-electron chi connectivity index (χ2n) is 11.8. The summed E-state index contributed by atoms with van der Waals surface area (Å²) in [7, 11) is 0. The van der Waals surface area contributed by atoms with Crippen LogP contribution in [0.15, 0.2) is 116 Å². The molecule has 236 valence electrons. The summed E-state index contributed by atoms with van der Waals surface area (Å²) in [5, 5.41) is 6.50. The van der Waals surface area contributed by atoms with Crippen molar-refractivity contribution in [2.75, 3.05) is 10.6 Å². The molecular formula is C39H34ClN3O2S2. The summed E-state index contributed by atoms with van der Waals surface area (Å²) in [4.78, 5) is 33.3. The number of halogens is 1. The van der Waals surface area contributed by atoms with Gasteiger partial charge in [-0.2, -0.15) is 0 Å². The van der Waals surface area contributed by atoms with E-state index in [9.17, 15) is 9.59 Å². The fraction of sp³-hybridized carbons (Fsp3) is 0.154. The molecule has 47 heavy (non-hydrogen) atoms. The molecule has 2 N–H and O–H groups in total. The van der Waals surface area contributed by atoms with E-state index in [1.807, 2.05) is 30.3 Å². The van der Waals surface area contributed by atoms with Crippen LogP contribution in [0.4, 0.5) is 11.4 Å². The molecule has 0 bridgehead atoms. The van der Waals surface area contributed by atoms with Gasteiger partial charge in [0, 0.05) is 26.7 Å². The van der Waals surface area contributed by atoms with Gasteiger partial charge in [-0.3, -0.25) is 14.6 Å². The SMILES string of the molecule is CC(C)c1cc(CC(C)c2cccc(-c3ccc(C(=O)Nc4cccnc4)s3)c2)cc(-c2ccc(C(=O)Nc3ccc(Cl)cc3)s2)c1. The monoisotopic (exact) mass is 675 g/mol. The number of amides is 2. The highest BCUT2D eigenvalue weighted by molar-refractivity contribution is 7.17. The number of anilines is 2. The van der Waals surface area contributed by atoms with Crippen LogP contribution in [0.2, 0.25) is 5.02 Å². The van der Waals surface area contributed by atoms with Gasteiger partial charge in [-0.15, -0.1) is 22.7 Å². The number of carbonyl (C=O) groups excluding carboxylic acids is 2. The Morgan fingerprint density at radius 2 is 1.36 bits per heavy atom. The lowest BCUT2D eigenvalue weighted by atomic mass is 9.89. The maximum atomic E-state index is 13.0. The first kappa shape index (κ1) is 32.4. The van der Waals surface area contributed by atoms with E-state index in [-0.39, 0.29) is 17.7 Å². The summed E-state index contributed by atoms with van der Waals surface area (Å²) in [6, 6.07) is 33.9. The van der Waals surface area contributed by atoms with Crippen molar-refractivity contribution in [2.45, 2.75) is 39.0 Å². The normalized spacial score (nSPS) is 11.8. The number of aromatic nitrogens is 1.